The van der Waals surface area contributed by atoms with Crippen molar-refractivity contribution in [3.8, 4) is 0 Å². The van der Waals surface area contributed by atoms with Gasteiger partial charge in [-0.1, -0.05) is 35.5 Å². The van der Waals surface area contributed by atoms with E-state index >= 15 is 0 Å². The Morgan fingerprint density at radius 1 is 1.10 bits per heavy atom. The Morgan fingerprint density at radius 2 is 1.86 bits per heavy atom. The summed E-state index contributed by atoms with van der Waals surface area (Å²) in [5.74, 6) is 0. The van der Waals surface area contributed by atoms with E-state index in [2.05, 4.69) is 15.8 Å². The topological polar surface area (TPSA) is 73.7 Å². The Kier molecular flexibility index (Phi) is 4.56. The lowest BCUT2D eigenvalue weighted by Gasteiger charge is -2.11. The molecule has 2 amide bonds. The van der Waals surface area contributed by atoms with Gasteiger partial charge in [0.2, 0.25) is 0 Å². The number of anilines is 2. The van der Waals surface area contributed by atoms with Crippen molar-refractivity contribution in [2.45, 2.75) is 13.8 Å². The van der Waals surface area contributed by atoms with Crippen LogP contribution in [0, 0.1) is 6.92 Å². The van der Waals surface area contributed by atoms with Crippen LogP contribution in [0.3, 0.4) is 0 Å². The minimum absolute atomic E-state index is 0.348. The first-order valence-electron chi connectivity index (χ1n) is 6.53. The summed E-state index contributed by atoms with van der Waals surface area (Å²) in [4.78, 5) is 12.0. The van der Waals surface area contributed by atoms with Gasteiger partial charge >= 0.3 is 6.03 Å². The predicted octanol–water partition coefficient (Wildman–Crippen LogP) is 3.84. The average molecular weight is 283 g/mol. The zero-order valence-corrected chi connectivity index (χ0v) is 11.9. The fraction of sp³-hybridized carbons (Fsp3) is 0.125. The Balaban J connectivity index is 2.13. The van der Waals surface area contributed by atoms with E-state index in [0.717, 1.165) is 11.3 Å². The molecule has 0 atom stereocenters. The Bertz CT molecular complexity index is 681. The van der Waals surface area contributed by atoms with Crippen molar-refractivity contribution in [2.24, 2.45) is 5.16 Å². The summed E-state index contributed by atoms with van der Waals surface area (Å²) in [5, 5.41) is 17.6. The van der Waals surface area contributed by atoms with Crippen molar-refractivity contribution in [1.29, 1.82) is 0 Å². The predicted molar refractivity (Wildman–Crippen MR) is 84.3 cm³/mol. The van der Waals surface area contributed by atoms with Gasteiger partial charge in [-0.05, 0) is 37.6 Å². The van der Waals surface area contributed by atoms with Gasteiger partial charge in [0.05, 0.1) is 11.4 Å². The molecule has 0 saturated carbocycles. The fourth-order valence-electron chi connectivity index (χ4n) is 1.97. The molecule has 0 heterocycles. The van der Waals surface area contributed by atoms with Crippen LogP contribution >= 0.6 is 0 Å². The number of benzene rings is 2. The van der Waals surface area contributed by atoms with Crippen molar-refractivity contribution in [1.82, 2.24) is 0 Å². The van der Waals surface area contributed by atoms with E-state index < -0.39 is 0 Å². The molecular formula is C16H17N3O2. The maximum Gasteiger partial charge on any atom is 0.323 e. The standard InChI is InChI=1S/C16H17N3O2/c1-11-6-5-7-13(10-11)17-16(20)18-15-9-4-3-8-14(15)12(2)19-21/h3-10,21H,1-2H3,(H2,17,18,20)/b19-12+. The van der Waals surface area contributed by atoms with Crippen molar-refractivity contribution in [3.05, 3.63) is 59.7 Å². The minimum atomic E-state index is -0.348. The summed E-state index contributed by atoms with van der Waals surface area (Å²) in [6.45, 7) is 3.62. The first kappa shape index (κ1) is 14.6. The lowest BCUT2D eigenvalue weighted by atomic mass is 10.1. The van der Waals surface area contributed by atoms with Gasteiger partial charge in [-0.15, -0.1) is 0 Å². The van der Waals surface area contributed by atoms with E-state index in [-0.39, 0.29) is 6.03 Å². The number of hydrogen-bond donors (Lipinski definition) is 3. The third kappa shape index (κ3) is 3.82. The van der Waals surface area contributed by atoms with E-state index in [9.17, 15) is 4.79 Å². The van der Waals surface area contributed by atoms with Crippen LogP contribution in [0.25, 0.3) is 0 Å². The first-order chi connectivity index (χ1) is 10.1. The van der Waals surface area contributed by atoms with Gasteiger partial charge in [-0.25, -0.2) is 4.79 Å². The molecule has 5 nitrogen and oxygen atoms in total. The maximum atomic E-state index is 12.0. The van der Waals surface area contributed by atoms with Gasteiger partial charge in [-0.2, -0.15) is 0 Å². The number of nitrogens with one attached hydrogen (secondary N) is 2. The van der Waals surface area contributed by atoms with Crippen LogP contribution in [0.1, 0.15) is 18.1 Å². The summed E-state index contributed by atoms with van der Waals surface area (Å²) in [7, 11) is 0. The van der Waals surface area contributed by atoms with E-state index in [1.54, 1.807) is 25.1 Å². The molecule has 2 rings (SSSR count). The molecular weight excluding hydrogens is 266 g/mol. The fourth-order valence-corrected chi connectivity index (χ4v) is 1.97. The number of carbonyl (C=O) groups is 1. The highest BCUT2D eigenvalue weighted by molar-refractivity contribution is 6.08. The summed E-state index contributed by atoms with van der Waals surface area (Å²) in [5.41, 5.74) is 3.47. The second-order valence-electron chi connectivity index (χ2n) is 4.68. The van der Waals surface area contributed by atoms with Crippen LogP contribution in [0.5, 0.6) is 0 Å². The smallest absolute Gasteiger partial charge is 0.323 e. The van der Waals surface area contributed by atoms with Gasteiger partial charge in [0.1, 0.15) is 0 Å². The Hall–Kier alpha value is -2.82. The normalized spacial score (nSPS) is 11.0. The van der Waals surface area contributed by atoms with Crippen LogP contribution in [0.4, 0.5) is 16.2 Å². The molecule has 0 bridgehead atoms. The molecule has 0 unspecified atom stereocenters. The molecule has 5 heteroatoms. The summed E-state index contributed by atoms with van der Waals surface area (Å²) in [6, 6.07) is 14.3. The van der Waals surface area contributed by atoms with Crippen molar-refractivity contribution < 1.29 is 10.0 Å². The molecule has 108 valence electrons. The number of amides is 2. The molecule has 0 aliphatic carbocycles. The van der Waals surface area contributed by atoms with Crippen molar-refractivity contribution >= 4 is 23.1 Å². The molecule has 0 aliphatic heterocycles. The maximum absolute atomic E-state index is 12.0. The van der Waals surface area contributed by atoms with E-state index in [4.69, 9.17) is 5.21 Å². The van der Waals surface area contributed by atoms with Crippen molar-refractivity contribution in [3.63, 3.8) is 0 Å². The quantitative estimate of drug-likeness (QED) is 0.455. The van der Waals surface area contributed by atoms with Gasteiger partial charge in [0, 0.05) is 11.3 Å². The number of aryl methyl sites for hydroxylation is 1. The third-order valence-electron chi connectivity index (χ3n) is 2.99. The van der Waals surface area contributed by atoms with Gasteiger partial charge in [0.25, 0.3) is 0 Å². The molecule has 21 heavy (non-hydrogen) atoms. The van der Waals surface area contributed by atoms with Gasteiger partial charge < -0.3 is 15.8 Å². The third-order valence-corrected chi connectivity index (χ3v) is 2.99. The zero-order valence-electron chi connectivity index (χ0n) is 11.9. The first-order valence-corrected chi connectivity index (χ1v) is 6.53. The van der Waals surface area contributed by atoms with Crippen LogP contribution in [-0.4, -0.2) is 17.0 Å². The number of urea groups is 1. The number of carbonyl (C=O) groups excluding carboxylic acids is 1. The molecule has 0 saturated heterocycles. The lowest BCUT2D eigenvalue weighted by Crippen LogP contribution is -2.20. The second kappa shape index (κ2) is 6.56. The number of nitrogens with zero attached hydrogens (tertiary/aromatic N) is 1. The average Bonchev–Trinajstić information content (AvgIpc) is 2.47. The summed E-state index contributed by atoms with van der Waals surface area (Å²) < 4.78 is 0. The lowest BCUT2D eigenvalue weighted by molar-refractivity contribution is 0.262. The Labute approximate surface area is 123 Å². The largest absolute Gasteiger partial charge is 0.411 e. The highest BCUT2D eigenvalue weighted by atomic mass is 16.4. The molecule has 2 aromatic carbocycles. The molecule has 2 aromatic rings. The zero-order chi connectivity index (χ0) is 15.2. The molecule has 0 aliphatic rings. The number of oxime groups is 1. The van der Waals surface area contributed by atoms with Crippen LogP contribution in [0.15, 0.2) is 53.7 Å². The van der Waals surface area contributed by atoms with Crippen molar-refractivity contribution in [2.75, 3.05) is 10.6 Å². The van der Waals surface area contributed by atoms with E-state index in [1.807, 2.05) is 37.3 Å². The number of rotatable bonds is 3. The molecule has 0 fully saturated rings. The highest BCUT2D eigenvalue weighted by Gasteiger charge is 2.09. The van der Waals surface area contributed by atoms with Gasteiger partial charge in [0.15, 0.2) is 0 Å². The SMILES string of the molecule is C/C(=N\O)c1ccccc1NC(=O)Nc1cccc(C)c1. The van der Waals surface area contributed by atoms with Gasteiger partial charge in [-0.3, -0.25) is 0 Å². The van der Waals surface area contributed by atoms with Crippen LogP contribution in [0.2, 0.25) is 0 Å². The molecule has 0 radical (unpaired) electrons. The van der Waals surface area contributed by atoms with Crippen LogP contribution in [-0.2, 0) is 0 Å². The van der Waals surface area contributed by atoms with E-state index in [1.165, 1.54) is 0 Å². The second-order valence-corrected chi connectivity index (χ2v) is 4.68. The number of para-hydroxylation sites is 1. The summed E-state index contributed by atoms with van der Waals surface area (Å²) >= 11 is 0. The van der Waals surface area contributed by atoms with E-state index in [0.29, 0.717) is 17.0 Å². The molecule has 3 N–H and O–H groups in total. The molecule has 0 spiro atoms. The molecule has 0 aromatic heterocycles. The summed E-state index contributed by atoms with van der Waals surface area (Å²) in [6.07, 6.45) is 0. The highest BCUT2D eigenvalue weighted by Crippen LogP contribution is 2.17. The van der Waals surface area contributed by atoms with Crippen LogP contribution < -0.4 is 10.6 Å². The number of hydrogen-bond acceptors (Lipinski definition) is 3. The monoisotopic (exact) mass is 283 g/mol. The Morgan fingerprint density at radius 3 is 2.57 bits per heavy atom. The minimum Gasteiger partial charge on any atom is -0.411 e.